The third-order valence-corrected chi connectivity index (χ3v) is 3.37. The average molecular weight is 275 g/mol. The third-order valence-electron chi connectivity index (χ3n) is 3.37. The number of urea groups is 1. The highest BCUT2D eigenvalue weighted by Gasteiger charge is 2.24. The van der Waals surface area contributed by atoms with Gasteiger partial charge in [0.05, 0.1) is 25.0 Å². The second-order valence-corrected chi connectivity index (χ2v) is 4.81. The molecule has 2 heterocycles. The van der Waals surface area contributed by atoms with Crippen LogP contribution in [0.2, 0.25) is 0 Å². The maximum atomic E-state index is 12.3. The molecular formula is C15H21N3O2. The maximum absolute atomic E-state index is 12.3. The first kappa shape index (κ1) is 14.4. The number of ether oxygens (including phenoxy) is 1. The van der Waals surface area contributed by atoms with Crippen LogP contribution >= 0.6 is 0 Å². The molecule has 1 atom stereocenters. The predicted molar refractivity (Wildman–Crippen MR) is 79.0 cm³/mol. The highest BCUT2D eigenvalue weighted by molar-refractivity contribution is 5.89. The van der Waals surface area contributed by atoms with E-state index in [1.165, 1.54) is 0 Å². The largest absolute Gasteiger partial charge is 0.481 e. The van der Waals surface area contributed by atoms with Crippen LogP contribution in [0.3, 0.4) is 0 Å². The summed E-state index contributed by atoms with van der Waals surface area (Å²) in [4.78, 5) is 18.2. The molecule has 5 heteroatoms. The van der Waals surface area contributed by atoms with Gasteiger partial charge in [-0.1, -0.05) is 31.9 Å². The Hall–Kier alpha value is -2.04. The van der Waals surface area contributed by atoms with E-state index in [0.717, 1.165) is 19.3 Å². The lowest BCUT2D eigenvalue weighted by Crippen LogP contribution is -2.39. The lowest BCUT2D eigenvalue weighted by molar-refractivity contribution is 0.208. The first-order valence-electron chi connectivity index (χ1n) is 6.99. The minimum absolute atomic E-state index is 0.0805. The van der Waals surface area contributed by atoms with Gasteiger partial charge >= 0.3 is 6.03 Å². The fourth-order valence-electron chi connectivity index (χ4n) is 2.24. The van der Waals surface area contributed by atoms with Crippen molar-refractivity contribution in [3.05, 3.63) is 30.5 Å². The highest BCUT2D eigenvalue weighted by Crippen LogP contribution is 2.18. The predicted octanol–water partition coefficient (Wildman–Crippen LogP) is 3.05. The lowest BCUT2D eigenvalue weighted by atomic mass is 10.1. The van der Waals surface area contributed by atoms with Crippen LogP contribution in [-0.4, -0.2) is 35.6 Å². The minimum Gasteiger partial charge on any atom is -0.481 e. The summed E-state index contributed by atoms with van der Waals surface area (Å²) in [5.74, 6) is 0.534. The van der Waals surface area contributed by atoms with E-state index in [1.807, 2.05) is 11.0 Å². The second-order valence-electron chi connectivity index (χ2n) is 4.81. The summed E-state index contributed by atoms with van der Waals surface area (Å²) in [6.45, 7) is 2.83. The van der Waals surface area contributed by atoms with Gasteiger partial charge in [0.15, 0.2) is 0 Å². The van der Waals surface area contributed by atoms with Crippen molar-refractivity contribution in [2.75, 3.05) is 19.0 Å². The monoisotopic (exact) mass is 275 g/mol. The molecule has 0 aromatic carbocycles. The number of nitrogens with one attached hydrogen (secondary N) is 1. The van der Waals surface area contributed by atoms with E-state index in [9.17, 15) is 4.79 Å². The Morgan fingerprint density at radius 1 is 1.55 bits per heavy atom. The fourth-order valence-corrected chi connectivity index (χ4v) is 2.24. The van der Waals surface area contributed by atoms with Crippen molar-refractivity contribution in [1.29, 1.82) is 0 Å². The molecule has 1 aromatic heterocycles. The van der Waals surface area contributed by atoms with E-state index < -0.39 is 0 Å². The molecule has 1 N–H and O–H groups in total. The number of hydrogen-bond donors (Lipinski definition) is 1. The Balaban J connectivity index is 1.93. The summed E-state index contributed by atoms with van der Waals surface area (Å²) in [6.07, 6.45) is 9.04. The van der Waals surface area contributed by atoms with Crippen molar-refractivity contribution in [3.8, 4) is 5.88 Å². The van der Waals surface area contributed by atoms with Crippen LogP contribution in [0.15, 0.2) is 30.5 Å². The van der Waals surface area contributed by atoms with Gasteiger partial charge in [-0.05, 0) is 12.5 Å². The molecule has 0 bridgehead atoms. The maximum Gasteiger partial charge on any atom is 0.322 e. The van der Waals surface area contributed by atoms with Crippen LogP contribution in [0.5, 0.6) is 5.88 Å². The van der Waals surface area contributed by atoms with Crippen LogP contribution in [0.1, 0.15) is 26.2 Å². The quantitative estimate of drug-likeness (QED) is 0.840. The highest BCUT2D eigenvalue weighted by atomic mass is 16.5. The number of unbranched alkanes of at least 4 members (excludes halogenated alkanes) is 1. The molecule has 2 rings (SSSR count). The number of hydrogen-bond acceptors (Lipinski definition) is 3. The van der Waals surface area contributed by atoms with Gasteiger partial charge in [-0.3, -0.25) is 0 Å². The van der Waals surface area contributed by atoms with Gasteiger partial charge in [-0.15, -0.1) is 0 Å². The van der Waals surface area contributed by atoms with Crippen LogP contribution in [0.4, 0.5) is 10.5 Å². The summed E-state index contributed by atoms with van der Waals surface area (Å²) in [7, 11) is 1.56. The first-order valence-corrected chi connectivity index (χ1v) is 6.99. The smallest absolute Gasteiger partial charge is 0.322 e. The van der Waals surface area contributed by atoms with Gasteiger partial charge in [0, 0.05) is 12.6 Å². The van der Waals surface area contributed by atoms with E-state index in [-0.39, 0.29) is 12.1 Å². The third kappa shape index (κ3) is 3.50. The van der Waals surface area contributed by atoms with Crippen LogP contribution in [0.25, 0.3) is 0 Å². The molecule has 0 aliphatic carbocycles. The number of nitrogens with zero attached hydrogens (tertiary/aromatic N) is 2. The van der Waals surface area contributed by atoms with Crippen LogP contribution in [-0.2, 0) is 0 Å². The lowest BCUT2D eigenvalue weighted by Gasteiger charge is -2.24. The van der Waals surface area contributed by atoms with Gasteiger partial charge in [-0.25, -0.2) is 9.78 Å². The van der Waals surface area contributed by atoms with E-state index in [1.54, 1.807) is 25.4 Å². The molecule has 1 aromatic rings. The fraction of sp³-hybridized carbons (Fsp3) is 0.467. The number of pyridine rings is 1. The number of anilines is 1. The van der Waals surface area contributed by atoms with Crippen molar-refractivity contribution < 1.29 is 9.53 Å². The number of carbonyl (C=O) groups excluding carboxylic acids is 1. The van der Waals surface area contributed by atoms with Gasteiger partial charge in [0.1, 0.15) is 0 Å². The van der Waals surface area contributed by atoms with Gasteiger partial charge in [0.25, 0.3) is 0 Å². The van der Waals surface area contributed by atoms with E-state index in [0.29, 0.717) is 18.1 Å². The van der Waals surface area contributed by atoms with Crippen molar-refractivity contribution in [2.24, 2.45) is 0 Å². The van der Waals surface area contributed by atoms with Crippen molar-refractivity contribution in [1.82, 2.24) is 9.88 Å². The summed E-state index contributed by atoms with van der Waals surface area (Å²) in [5.41, 5.74) is 0.678. The van der Waals surface area contributed by atoms with Crippen LogP contribution in [0, 0.1) is 0 Å². The second kappa shape index (κ2) is 6.93. The molecule has 0 unspecified atom stereocenters. The Morgan fingerprint density at radius 3 is 3.05 bits per heavy atom. The van der Waals surface area contributed by atoms with Crippen molar-refractivity contribution >= 4 is 11.7 Å². The topological polar surface area (TPSA) is 54.5 Å². The Labute approximate surface area is 119 Å². The van der Waals surface area contributed by atoms with Gasteiger partial charge in [-0.2, -0.15) is 0 Å². The molecule has 108 valence electrons. The number of methoxy groups -OCH3 is 1. The Bertz CT molecular complexity index is 471. The Kier molecular flexibility index (Phi) is 4.98. The first-order chi connectivity index (χ1) is 9.74. The zero-order valence-electron chi connectivity index (χ0n) is 12.0. The Morgan fingerprint density at radius 2 is 2.40 bits per heavy atom. The van der Waals surface area contributed by atoms with Crippen LogP contribution < -0.4 is 10.1 Å². The zero-order valence-corrected chi connectivity index (χ0v) is 12.0. The number of carbonyl (C=O) groups is 1. The van der Waals surface area contributed by atoms with Crippen molar-refractivity contribution in [2.45, 2.75) is 32.2 Å². The molecule has 0 fully saturated rings. The standard InChI is InChI=1S/C15H21N3O2/c1-3-4-6-13-7-5-10-18(13)15(19)17-12-8-9-14(20-2)16-11-12/h5,7-9,11,13H,3-4,6,10H2,1-2H3,(H,17,19)/t13-/m0/s1. The molecule has 0 saturated heterocycles. The number of rotatable bonds is 5. The van der Waals surface area contributed by atoms with E-state index in [2.05, 4.69) is 23.3 Å². The summed E-state index contributed by atoms with van der Waals surface area (Å²) in [5, 5.41) is 2.87. The molecule has 20 heavy (non-hydrogen) atoms. The van der Waals surface area contributed by atoms with Crippen molar-refractivity contribution in [3.63, 3.8) is 0 Å². The summed E-state index contributed by atoms with van der Waals surface area (Å²) >= 11 is 0. The molecular weight excluding hydrogens is 254 g/mol. The molecule has 2 amide bonds. The number of amides is 2. The molecule has 1 aliphatic rings. The zero-order chi connectivity index (χ0) is 14.4. The summed E-state index contributed by atoms with van der Waals surface area (Å²) in [6, 6.07) is 3.64. The molecule has 0 spiro atoms. The molecule has 1 aliphatic heterocycles. The normalized spacial score (nSPS) is 17.3. The van der Waals surface area contributed by atoms with Gasteiger partial charge in [0.2, 0.25) is 5.88 Å². The van der Waals surface area contributed by atoms with Gasteiger partial charge < -0.3 is 15.0 Å². The molecule has 0 radical (unpaired) electrons. The van der Waals surface area contributed by atoms with E-state index >= 15 is 0 Å². The minimum atomic E-state index is -0.0805. The molecule has 5 nitrogen and oxygen atoms in total. The van der Waals surface area contributed by atoms with E-state index in [4.69, 9.17) is 4.74 Å². The summed E-state index contributed by atoms with van der Waals surface area (Å²) < 4.78 is 4.99. The SMILES string of the molecule is CCCC[C@H]1C=CCN1C(=O)Nc1ccc(OC)nc1. The molecule has 0 saturated carbocycles. The average Bonchev–Trinajstić information content (AvgIpc) is 2.94. The number of aromatic nitrogens is 1.